The van der Waals surface area contributed by atoms with Gasteiger partial charge >= 0.3 is 0 Å². The standard InChI is InChI=1S/C19H15FN4.C6H7NO2/c1-21-15-7-8-17(20)16(9-15)18-12-24-11-14(10-22-19(24)23-18)13-5-3-2-4-6-13;1-4-6(3-8)9-5(2)7-4/h2-12,21H,1H3;3H,1-2H3. The van der Waals surface area contributed by atoms with Crippen molar-refractivity contribution in [1.29, 1.82) is 0 Å². The molecule has 3 heterocycles. The van der Waals surface area contributed by atoms with E-state index in [0.717, 1.165) is 16.8 Å². The summed E-state index contributed by atoms with van der Waals surface area (Å²) in [4.78, 5) is 22.8. The lowest BCUT2D eigenvalue weighted by Gasteiger charge is -2.03. The molecule has 33 heavy (non-hydrogen) atoms. The quantitative estimate of drug-likeness (QED) is 0.377. The number of halogens is 1. The maximum atomic E-state index is 14.2. The van der Waals surface area contributed by atoms with E-state index in [0.29, 0.717) is 40.7 Å². The molecule has 166 valence electrons. The number of carbonyl (C=O) groups is 1. The molecule has 0 fully saturated rings. The van der Waals surface area contributed by atoms with Crippen molar-refractivity contribution in [3.05, 3.63) is 90.3 Å². The maximum Gasteiger partial charge on any atom is 0.234 e. The number of aldehydes is 1. The van der Waals surface area contributed by atoms with Gasteiger partial charge in [-0.1, -0.05) is 30.3 Å². The Morgan fingerprint density at radius 3 is 2.45 bits per heavy atom. The predicted octanol–water partition coefficient (Wildman–Crippen LogP) is 5.35. The van der Waals surface area contributed by atoms with E-state index in [1.165, 1.54) is 6.07 Å². The number of carbonyl (C=O) groups excluding carboxylic acids is 1. The Bertz CT molecular complexity index is 1410. The topological polar surface area (TPSA) is 85.3 Å². The summed E-state index contributed by atoms with van der Waals surface area (Å²) in [5.41, 5.74) is 4.56. The molecular formula is C25H22FN5O2. The number of imidazole rings is 1. The Hall–Kier alpha value is -4.33. The number of aryl methyl sites for hydroxylation is 2. The van der Waals surface area contributed by atoms with Gasteiger partial charge in [0.05, 0.1) is 11.4 Å². The van der Waals surface area contributed by atoms with E-state index in [2.05, 4.69) is 20.3 Å². The van der Waals surface area contributed by atoms with E-state index in [9.17, 15) is 9.18 Å². The fourth-order valence-electron chi connectivity index (χ4n) is 3.33. The average Bonchev–Trinajstić information content (AvgIpc) is 3.41. The van der Waals surface area contributed by atoms with Crippen LogP contribution in [0.4, 0.5) is 10.1 Å². The minimum atomic E-state index is -0.305. The lowest BCUT2D eigenvalue weighted by Crippen LogP contribution is -1.91. The first-order valence-corrected chi connectivity index (χ1v) is 10.3. The Morgan fingerprint density at radius 2 is 1.82 bits per heavy atom. The number of hydrogen-bond acceptors (Lipinski definition) is 6. The normalized spacial score (nSPS) is 10.5. The molecule has 0 unspecified atom stereocenters. The number of rotatable bonds is 4. The smallest absolute Gasteiger partial charge is 0.234 e. The van der Waals surface area contributed by atoms with Crippen molar-refractivity contribution in [3.63, 3.8) is 0 Å². The summed E-state index contributed by atoms with van der Waals surface area (Å²) >= 11 is 0. The van der Waals surface area contributed by atoms with Crippen LogP contribution >= 0.6 is 0 Å². The van der Waals surface area contributed by atoms with Gasteiger partial charge in [0.2, 0.25) is 5.78 Å². The van der Waals surface area contributed by atoms with Gasteiger partial charge in [-0.25, -0.2) is 19.3 Å². The second-order valence-corrected chi connectivity index (χ2v) is 7.29. The molecule has 3 aromatic heterocycles. The lowest BCUT2D eigenvalue weighted by atomic mass is 10.1. The molecule has 5 rings (SSSR count). The van der Waals surface area contributed by atoms with Gasteiger partial charge in [0.25, 0.3) is 0 Å². The number of anilines is 1. The second-order valence-electron chi connectivity index (χ2n) is 7.29. The molecule has 0 saturated carbocycles. The van der Waals surface area contributed by atoms with Crippen molar-refractivity contribution >= 4 is 17.8 Å². The Balaban J connectivity index is 0.000000243. The number of aromatic nitrogens is 4. The van der Waals surface area contributed by atoms with E-state index in [1.807, 2.05) is 40.9 Å². The molecule has 0 spiro atoms. The van der Waals surface area contributed by atoms with Crippen LogP contribution in [0.3, 0.4) is 0 Å². The van der Waals surface area contributed by atoms with Crippen LogP contribution in [-0.2, 0) is 0 Å². The third-order valence-electron chi connectivity index (χ3n) is 4.99. The highest BCUT2D eigenvalue weighted by Crippen LogP contribution is 2.26. The van der Waals surface area contributed by atoms with Gasteiger partial charge in [-0.15, -0.1) is 0 Å². The summed E-state index contributed by atoms with van der Waals surface area (Å²) in [6, 6.07) is 14.9. The average molecular weight is 443 g/mol. The molecule has 0 aliphatic rings. The number of nitrogens with zero attached hydrogens (tertiary/aromatic N) is 4. The van der Waals surface area contributed by atoms with Crippen molar-refractivity contribution in [2.75, 3.05) is 12.4 Å². The third-order valence-corrected chi connectivity index (χ3v) is 4.99. The molecule has 0 amide bonds. The summed E-state index contributed by atoms with van der Waals surface area (Å²) in [6.45, 7) is 3.44. The van der Waals surface area contributed by atoms with Crippen LogP contribution in [0.15, 0.2) is 71.5 Å². The molecule has 0 atom stereocenters. The molecular weight excluding hydrogens is 421 g/mol. The summed E-state index contributed by atoms with van der Waals surface area (Å²) in [6.07, 6.45) is 6.19. The van der Waals surface area contributed by atoms with Crippen LogP contribution in [0.5, 0.6) is 0 Å². The highest BCUT2D eigenvalue weighted by atomic mass is 19.1. The first-order chi connectivity index (χ1) is 16.0. The van der Waals surface area contributed by atoms with E-state index in [1.54, 1.807) is 45.4 Å². The van der Waals surface area contributed by atoms with E-state index < -0.39 is 0 Å². The van der Waals surface area contributed by atoms with Crippen LogP contribution < -0.4 is 5.32 Å². The molecule has 0 bridgehead atoms. The molecule has 2 aromatic carbocycles. The largest absolute Gasteiger partial charge is 0.438 e. The van der Waals surface area contributed by atoms with Crippen LogP contribution in [0.1, 0.15) is 22.1 Å². The van der Waals surface area contributed by atoms with Gasteiger partial charge in [0, 0.05) is 49.4 Å². The van der Waals surface area contributed by atoms with E-state index in [-0.39, 0.29) is 5.82 Å². The van der Waals surface area contributed by atoms with Gasteiger partial charge in [-0.2, -0.15) is 0 Å². The minimum Gasteiger partial charge on any atom is -0.438 e. The molecule has 0 radical (unpaired) electrons. The van der Waals surface area contributed by atoms with Crippen LogP contribution in [0.2, 0.25) is 0 Å². The van der Waals surface area contributed by atoms with Gasteiger partial charge in [-0.3, -0.25) is 9.20 Å². The summed E-state index contributed by atoms with van der Waals surface area (Å²) in [5.74, 6) is 1.10. The van der Waals surface area contributed by atoms with Crippen molar-refractivity contribution < 1.29 is 13.6 Å². The van der Waals surface area contributed by atoms with Gasteiger partial charge in [0.15, 0.2) is 17.9 Å². The molecule has 1 N–H and O–H groups in total. The fraction of sp³-hybridized carbons (Fsp3) is 0.120. The molecule has 0 saturated heterocycles. The van der Waals surface area contributed by atoms with Gasteiger partial charge < -0.3 is 9.73 Å². The van der Waals surface area contributed by atoms with Crippen LogP contribution in [0.25, 0.3) is 28.2 Å². The third kappa shape index (κ3) is 4.79. The van der Waals surface area contributed by atoms with Crippen molar-refractivity contribution in [3.8, 4) is 22.4 Å². The number of nitrogens with one attached hydrogen (secondary N) is 1. The first kappa shape index (κ1) is 21.9. The van der Waals surface area contributed by atoms with Crippen molar-refractivity contribution in [2.45, 2.75) is 13.8 Å². The number of oxazole rings is 1. The first-order valence-electron chi connectivity index (χ1n) is 10.3. The van der Waals surface area contributed by atoms with E-state index in [4.69, 9.17) is 4.42 Å². The number of hydrogen-bond donors (Lipinski definition) is 1. The Kier molecular flexibility index (Phi) is 6.26. The Morgan fingerprint density at radius 1 is 1.03 bits per heavy atom. The van der Waals surface area contributed by atoms with Crippen LogP contribution in [0, 0.1) is 19.7 Å². The number of benzene rings is 2. The monoisotopic (exact) mass is 443 g/mol. The maximum absolute atomic E-state index is 14.2. The molecule has 0 aliphatic carbocycles. The highest BCUT2D eigenvalue weighted by Gasteiger charge is 2.11. The lowest BCUT2D eigenvalue weighted by molar-refractivity contribution is 0.109. The zero-order chi connectivity index (χ0) is 23.4. The second kappa shape index (κ2) is 9.44. The van der Waals surface area contributed by atoms with Crippen molar-refractivity contribution in [1.82, 2.24) is 19.4 Å². The zero-order valence-electron chi connectivity index (χ0n) is 18.4. The molecule has 0 aliphatic heterocycles. The van der Waals surface area contributed by atoms with Crippen molar-refractivity contribution in [2.24, 2.45) is 0 Å². The zero-order valence-corrected chi connectivity index (χ0v) is 18.4. The molecule has 8 heteroatoms. The van der Waals surface area contributed by atoms with Crippen LogP contribution in [-0.4, -0.2) is 32.7 Å². The highest BCUT2D eigenvalue weighted by molar-refractivity contribution is 5.71. The SMILES string of the molecule is CNc1ccc(F)c(-c2cn3cc(-c4ccccc4)cnc3n2)c1.Cc1nc(C)c(C=O)o1. The summed E-state index contributed by atoms with van der Waals surface area (Å²) in [7, 11) is 1.80. The van der Waals surface area contributed by atoms with Gasteiger partial charge in [-0.05, 0) is 30.7 Å². The fourth-order valence-corrected chi connectivity index (χ4v) is 3.33. The van der Waals surface area contributed by atoms with E-state index >= 15 is 0 Å². The molecule has 7 nitrogen and oxygen atoms in total. The van der Waals surface area contributed by atoms with Gasteiger partial charge in [0.1, 0.15) is 5.82 Å². The molecule has 5 aromatic rings. The Labute approximate surface area is 190 Å². The minimum absolute atomic E-state index is 0.305. The summed E-state index contributed by atoms with van der Waals surface area (Å²) in [5, 5.41) is 3.01. The predicted molar refractivity (Wildman–Crippen MR) is 125 cm³/mol. The summed E-state index contributed by atoms with van der Waals surface area (Å²) < 4.78 is 20.9. The number of fused-ring (bicyclic) bond motifs is 1.